The minimum atomic E-state index is -0.991. The third-order valence-corrected chi connectivity index (χ3v) is 3.74. The van der Waals surface area contributed by atoms with Gasteiger partial charge < -0.3 is 10.8 Å². The molecule has 112 valence electrons. The number of aliphatic hydroxyl groups is 1. The fourth-order valence-corrected chi connectivity index (χ4v) is 2.56. The Kier molecular flexibility index (Phi) is 4.93. The van der Waals surface area contributed by atoms with Gasteiger partial charge in [0.25, 0.3) is 0 Å². The van der Waals surface area contributed by atoms with E-state index < -0.39 is 23.7 Å². The first-order valence-corrected chi connectivity index (χ1v) is 6.90. The van der Waals surface area contributed by atoms with Gasteiger partial charge in [-0.05, 0) is 47.9 Å². The zero-order valence-electron chi connectivity index (χ0n) is 11.5. The number of hydrogen-bond acceptors (Lipinski definition) is 2. The summed E-state index contributed by atoms with van der Waals surface area (Å²) in [5.41, 5.74) is 7.45. The average Bonchev–Trinajstić information content (AvgIpc) is 2.41. The first kappa shape index (κ1) is 15.9. The second-order valence-electron chi connectivity index (χ2n) is 4.99. The fourth-order valence-electron chi connectivity index (χ4n) is 2.38. The van der Waals surface area contributed by atoms with E-state index in [9.17, 15) is 13.9 Å². The first-order valence-electron chi connectivity index (χ1n) is 6.52. The number of aryl methyl sites for hydroxylation is 1. The van der Waals surface area contributed by atoms with Crippen LogP contribution in [0.25, 0.3) is 0 Å². The van der Waals surface area contributed by atoms with Crippen molar-refractivity contribution in [1.29, 1.82) is 0 Å². The van der Waals surface area contributed by atoms with Gasteiger partial charge in [-0.3, -0.25) is 0 Å². The van der Waals surface area contributed by atoms with Crippen molar-refractivity contribution in [3.05, 3.63) is 69.7 Å². The largest absolute Gasteiger partial charge is 0.388 e. The molecule has 0 amide bonds. The summed E-state index contributed by atoms with van der Waals surface area (Å²) in [7, 11) is 0. The summed E-state index contributed by atoms with van der Waals surface area (Å²) in [4.78, 5) is 0. The molecule has 0 aliphatic carbocycles. The molecule has 2 aromatic carbocycles. The molecule has 0 radical (unpaired) electrons. The van der Waals surface area contributed by atoms with Crippen LogP contribution in [-0.4, -0.2) is 11.7 Å². The van der Waals surface area contributed by atoms with Crippen LogP contribution in [0.1, 0.15) is 28.7 Å². The van der Waals surface area contributed by atoms with E-state index in [1.165, 1.54) is 12.1 Å². The predicted octanol–water partition coefficient (Wildman–Crippen LogP) is 3.70. The van der Waals surface area contributed by atoms with Gasteiger partial charge in [-0.15, -0.1) is 0 Å². The zero-order chi connectivity index (χ0) is 15.6. The van der Waals surface area contributed by atoms with Gasteiger partial charge in [0.2, 0.25) is 0 Å². The van der Waals surface area contributed by atoms with E-state index in [4.69, 9.17) is 17.3 Å². The van der Waals surface area contributed by atoms with Crippen molar-refractivity contribution in [3.8, 4) is 0 Å². The van der Waals surface area contributed by atoms with Crippen molar-refractivity contribution in [2.45, 2.75) is 18.9 Å². The lowest BCUT2D eigenvalue weighted by molar-refractivity contribution is 0.146. The summed E-state index contributed by atoms with van der Waals surface area (Å²) in [6.07, 6.45) is -0.991. The molecule has 0 saturated carbocycles. The summed E-state index contributed by atoms with van der Waals surface area (Å²) in [6, 6.07) is 8.29. The topological polar surface area (TPSA) is 46.2 Å². The maximum atomic E-state index is 13.4. The molecule has 0 aliphatic rings. The highest BCUT2D eigenvalue weighted by Gasteiger charge is 2.24. The Balaban J connectivity index is 2.42. The monoisotopic (exact) mass is 311 g/mol. The molecule has 0 bridgehead atoms. The highest BCUT2D eigenvalue weighted by molar-refractivity contribution is 6.30. The maximum absolute atomic E-state index is 13.4. The van der Waals surface area contributed by atoms with Crippen LogP contribution in [0, 0.1) is 18.6 Å². The van der Waals surface area contributed by atoms with Crippen LogP contribution in [0.15, 0.2) is 36.4 Å². The Labute approximate surface area is 127 Å². The normalized spacial score (nSPS) is 14.0. The van der Waals surface area contributed by atoms with Crippen LogP contribution in [0.5, 0.6) is 0 Å². The highest BCUT2D eigenvalue weighted by Crippen LogP contribution is 2.33. The minimum absolute atomic E-state index is 0.0516. The van der Waals surface area contributed by atoms with E-state index in [0.29, 0.717) is 16.1 Å². The SMILES string of the molecule is Cc1ccc(Cl)cc1C(O)C(CN)c1cc(F)cc(F)c1. The lowest BCUT2D eigenvalue weighted by atomic mass is 9.87. The lowest BCUT2D eigenvalue weighted by Crippen LogP contribution is -2.21. The molecule has 2 rings (SSSR count). The Hall–Kier alpha value is -1.49. The summed E-state index contributed by atoms with van der Waals surface area (Å²) in [6.45, 7) is 1.88. The van der Waals surface area contributed by atoms with E-state index >= 15 is 0 Å². The van der Waals surface area contributed by atoms with E-state index in [1.807, 2.05) is 6.92 Å². The molecule has 2 unspecified atom stereocenters. The van der Waals surface area contributed by atoms with Crippen LogP contribution in [0.3, 0.4) is 0 Å². The van der Waals surface area contributed by atoms with E-state index in [0.717, 1.165) is 11.6 Å². The summed E-state index contributed by atoms with van der Waals surface area (Å²) >= 11 is 5.94. The van der Waals surface area contributed by atoms with Crippen LogP contribution < -0.4 is 5.73 Å². The second-order valence-corrected chi connectivity index (χ2v) is 5.43. The quantitative estimate of drug-likeness (QED) is 0.904. The highest BCUT2D eigenvalue weighted by atomic mass is 35.5. The zero-order valence-corrected chi connectivity index (χ0v) is 12.2. The van der Waals surface area contributed by atoms with Crippen molar-refractivity contribution < 1.29 is 13.9 Å². The number of benzene rings is 2. The molecule has 21 heavy (non-hydrogen) atoms. The Bertz CT molecular complexity index is 628. The van der Waals surface area contributed by atoms with Gasteiger partial charge in [0.15, 0.2) is 0 Å². The standard InChI is InChI=1S/C16H16ClF2NO/c1-9-2-3-11(17)6-14(9)16(21)15(8-20)10-4-12(18)7-13(19)5-10/h2-7,15-16,21H,8,20H2,1H3. The molecule has 0 fully saturated rings. The van der Waals surface area contributed by atoms with Crippen LogP contribution >= 0.6 is 11.6 Å². The average molecular weight is 312 g/mol. The molecular weight excluding hydrogens is 296 g/mol. The lowest BCUT2D eigenvalue weighted by Gasteiger charge is -2.24. The molecular formula is C16H16ClF2NO. The molecule has 2 atom stereocenters. The molecule has 3 N–H and O–H groups in total. The fraction of sp³-hybridized carbons (Fsp3) is 0.250. The minimum Gasteiger partial charge on any atom is -0.388 e. The van der Waals surface area contributed by atoms with Crippen molar-refractivity contribution in [2.24, 2.45) is 5.73 Å². The maximum Gasteiger partial charge on any atom is 0.126 e. The summed E-state index contributed by atoms with van der Waals surface area (Å²) < 4.78 is 26.7. The van der Waals surface area contributed by atoms with Crippen LogP contribution in [-0.2, 0) is 0 Å². The van der Waals surface area contributed by atoms with Gasteiger partial charge in [0, 0.05) is 23.6 Å². The Morgan fingerprint density at radius 3 is 2.33 bits per heavy atom. The number of nitrogens with two attached hydrogens (primary N) is 1. The smallest absolute Gasteiger partial charge is 0.126 e. The Morgan fingerprint density at radius 2 is 1.76 bits per heavy atom. The molecule has 0 saturated heterocycles. The number of aliphatic hydroxyl groups excluding tert-OH is 1. The van der Waals surface area contributed by atoms with Crippen molar-refractivity contribution in [2.75, 3.05) is 6.54 Å². The van der Waals surface area contributed by atoms with Gasteiger partial charge in [-0.2, -0.15) is 0 Å². The van der Waals surface area contributed by atoms with Gasteiger partial charge >= 0.3 is 0 Å². The van der Waals surface area contributed by atoms with Crippen molar-refractivity contribution in [1.82, 2.24) is 0 Å². The van der Waals surface area contributed by atoms with Crippen LogP contribution in [0.2, 0.25) is 5.02 Å². The number of halogens is 3. The van der Waals surface area contributed by atoms with Crippen LogP contribution in [0.4, 0.5) is 8.78 Å². The van der Waals surface area contributed by atoms with Gasteiger partial charge in [0.05, 0.1) is 6.10 Å². The molecule has 0 spiro atoms. The molecule has 2 nitrogen and oxygen atoms in total. The van der Waals surface area contributed by atoms with Gasteiger partial charge in [0.1, 0.15) is 11.6 Å². The van der Waals surface area contributed by atoms with Crippen molar-refractivity contribution >= 4 is 11.6 Å². The Morgan fingerprint density at radius 1 is 1.14 bits per heavy atom. The molecule has 2 aromatic rings. The molecule has 0 heterocycles. The summed E-state index contributed by atoms with van der Waals surface area (Å²) in [5, 5.41) is 11.0. The third-order valence-electron chi connectivity index (χ3n) is 3.51. The predicted molar refractivity (Wildman–Crippen MR) is 79.3 cm³/mol. The molecule has 0 aromatic heterocycles. The van der Waals surface area contributed by atoms with E-state index in [2.05, 4.69) is 0 Å². The number of rotatable bonds is 4. The summed E-state index contributed by atoms with van der Waals surface area (Å²) in [5.74, 6) is -2.01. The molecule has 0 aliphatic heterocycles. The second kappa shape index (κ2) is 6.52. The molecule has 5 heteroatoms. The van der Waals surface area contributed by atoms with Gasteiger partial charge in [-0.25, -0.2) is 8.78 Å². The number of hydrogen-bond donors (Lipinski definition) is 2. The van der Waals surface area contributed by atoms with Gasteiger partial charge in [-0.1, -0.05) is 17.7 Å². The third kappa shape index (κ3) is 3.59. The van der Waals surface area contributed by atoms with E-state index in [-0.39, 0.29) is 6.54 Å². The van der Waals surface area contributed by atoms with Crippen molar-refractivity contribution in [3.63, 3.8) is 0 Å². The first-order chi connectivity index (χ1) is 9.92. The van der Waals surface area contributed by atoms with E-state index in [1.54, 1.807) is 18.2 Å².